The van der Waals surface area contributed by atoms with Crippen LogP contribution in [-0.4, -0.2) is 29.8 Å². The number of ether oxygens (including phenoxy) is 1. The van der Waals surface area contributed by atoms with E-state index in [1.54, 1.807) is 0 Å². The third kappa shape index (κ3) is 2.86. The van der Waals surface area contributed by atoms with Crippen molar-refractivity contribution >= 4 is 5.97 Å². The van der Waals surface area contributed by atoms with Crippen molar-refractivity contribution in [3.63, 3.8) is 0 Å². The number of rotatable bonds is 6. The fourth-order valence-electron chi connectivity index (χ4n) is 2.81. The van der Waals surface area contributed by atoms with E-state index >= 15 is 0 Å². The Labute approximate surface area is 120 Å². The molecule has 0 radical (unpaired) electrons. The molecule has 0 aromatic heterocycles. The first-order valence-corrected chi connectivity index (χ1v) is 7.30. The fourth-order valence-corrected chi connectivity index (χ4v) is 2.81. The molecular weight excluding hydrogens is 254 g/mol. The zero-order valence-corrected chi connectivity index (χ0v) is 12.2. The number of carboxylic acid groups (broad SMARTS) is 1. The maximum Gasteiger partial charge on any atom is 0.323 e. The molecule has 0 saturated heterocycles. The molecule has 1 aromatic carbocycles. The van der Waals surface area contributed by atoms with Crippen LogP contribution in [0.15, 0.2) is 24.3 Å². The maximum absolute atomic E-state index is 11.5. The molecule has 0 bridgehead atoms. The molecule has 1 aliphatic heterocycles. The van der Waals surface area contributed by atoms with Gasteiger partial charge in [-0.1, -0.05) is 38.1 Å². The molecule has 4 heteroatoms. The minimum atomic E-state index is -0.851. The summed E-state index contributed by atoms with van der Waals surface area (Å²) in [5.74, 6) is -0.786. The zero-order chi connectivity index (χ0) is 14.6. The first-order valence-electron chi connectivity index (χ1n) is 7.30. The summed E-state index contributed by atoms with van der Waals surface area (Å²) in [5, 5.41) is 12.7. The normalized spacial score (nSPS) is 18.6. The first kappa shape index (κ1) is 15.0. The molecule has 1 heterocycles. The Morgan fingerprint density at radius 2 is 2.10 bits per heavy atom. The van der Waals surface area contributed by atoms with E-state index in [9.17, 15) is 9.90 Å². The van der Waals surface area contributed by atoms with Gasteiger partial charge < -0.3 is 9.84 Å². The average molecular weight is 277 g/mol. The molecular formula is C16H23NO3. The van der Waals surface area contributed by atoms with Gasteiger partial charge in [-0.15, -0.1) is 0 Å². The summed E-state index contributed by atoms with van der Waals surface area (Å²) in [6.45, 7) is 5.03. The predicted molar refractivity (Wildman–Crippen MR) is 77.8 cm³/mol. The van der Waals surface area contributed by atoms with Crippen molar-refractivity contribution in [3.8, 4) is 0 Å². The number of carbonyl (C=O) groups is 1. The number of fused-ring (bicyclic) bond motifs is 1. The lowest BCUT2D eigenvalue weighted by molar-refractivity contribution is -0.145. The molecule has 1 aromatic rings. The lowest BCUT2D eigenvalue weighted by Crippen LogP contribution is -2.52. The summed E-state index contributed by atoms with van der Waals surface area (Å²) < 4.78 is 5.81. The van der Waals surface area contributed by atoms with E-state index in [2.05, 4.69) is 17.4 Å². The Hall–Kier alpha value is -1.39. The number of hydrogen-bond acceptors (Lipinski definition) is 3. The number of nitrogens with one attached hydrogen (secondary N) is 1. The van der Waals surface area contributed by atoms with Gasteiger partial charge in [0.05, 0.1) is 12.7 Å². The van der Waals surface area contributed by atoms with Gasteiger partial charge in [-0.25, -0.2) is 0 Å². The molecule has 1 atom stereocenters. The van der Waals surface area contributed by atoms with E-state index in [0.717, 1.165) is 6.42 Å². The smallest absolute Gasteiger partial charge is 0.323 e. The van der Waals surface area contributed by atoms with E-state index in [1.165, 1.54) is 11.1 Å². The highest BCUT2D eigenvalue weighted by molar-refractivity contribution is 5.78. The minimum Gasteiger partial charge on any atom is -0.480 e. The molecule has 4 nitrogen and oxygen atoms in total. The predicted octanol–water partition coefficient (Wildman–Crippen LogP) is 2.53. The third-order valence-electron chi connectivity index (χ3n) is 4.33. The molecule has 110 valence electrons. The van der Waals surface area contributed by atoms with Crippen LogP contribution in [0.2, 0.25) is 0 Å². The number of carboxylic acids is 1. The second kappa shape index (κ2) is 6.37. The Morgan fingerprint density at radius 3 is 2.75 bits per heavy atom. The van der Waals surface area contributed by atoms with Crippen LogP contribution in [0.1, 0.15) is 43.9 Å². The molecule has 1 aliphatic rings. The molecule has 2 N–H and O–H groups in total. The Bertz CT molecular complexity index is 469. The second-order valence-electron chi connectivity index (χ2n) is 5.28. The summed E-state index contributed by atoms with van der Waals surface area (Å²) in [6.07, 6.45) is 2.00. The van der Waals surface area contributed by atoms with Crippen molar-refractivity contribution in [2.24, 2.45) is 0 Å². The summed E-state index contributed by atoms with van der Waals surface area (Å²) in [6, 6.07) is 8.23. The monoisotopic (exact) mass is 277 g/mol. The number of benzene rings is 1. The Kier molecular flexibility index (Phi) is 4.78. The van der Waals surface area contributed by atoms with Crippen molar-refractivity contribution in [2.75, 3.05) is 13.2 Å². The van der Waals surface area contributed by atoms with Crippen molar-refractivity contribution in [2.45, 2.75) is 44.8 Å². The van der Waals surface area contributed by atoms with E-state index in [1.807, 2.05) is 26.0 Å². The molecule has 20 heavy (non-hydrogen) atoms. The minimum absolute atomic E-state index is 0.0585. The van der Waals surface area contributed by atoms with Gasteiger partial charge in [0.15, 0.2) is 0 Å². The quantitative estimate of drug-likeness (QED) is 0.839. The topological polar surface area (TPSA) is 58.6 Å². The highest BCUT2D eigenvalue weighted by Crippen LogP contribution is 2.27. The summed E-state index contributed by atoms with van der Waals surface area (Å²) in [7, 11) is 0. The van der Waals surface area contributed by atoms with Crippen molar-refractivity contribution < 1.29 is 14.6 Å². The van der Waals surface area contributed by atoms with Gasteiger partial charge in [-0.2, -0.15) is 0 Å². The van der Waals surface area contributed by atoms with Crippen molar-refractivity contribution in [1.82, 2.24) is 5.32 Å². The standard InChI is InChI=1S/C16H23NO3/c1-3-16(4-2,15(18)19)17-11-14-13-8-6-5-7-12(13)9-10-20-14/h5-8,14,17H,3-4,9-11H2,1-2H3,(H,18,19). The number of aliphatic carboxylic acids is 1. The van der Waals surface area contributed by atoms with Crippen LogP contribution in [0, 0.1) is 0 Å². The van der Waals surface area contributed by atoms with Gasteiger partial charge in [0.2, 0.25) is 0 Å². The van der Waals surface area contributed by atoms with Crippen molar-refractivity contribution in [1.29, 1.82) is 0 Å². The number of hydrogen-bond donors (Lipinski definition) is 2. The van der Waals surface area contributed by atoms with E-state index in [4.69, 9.17) is 4.74 Å². The summed E-state index contributed by atoms with van der Waals surface area (Å²) in [4.78, 5) is 11.5. The summed E-state index contributed by atoms with van der Waals surface area (Å²) >= 11 is 0. The maximum atomic E-state index is 11.5. The summed E-state index contributed by atoms with van der Waals surface area (Å²) in [5.41, 5.74) is 1.63. The zero-order valence-electron chi connectivity index (χ0n) is 12.2. The van der Waals surface area contributed by atoms with E-state index in [0.29, 0.717) is 26.0 Å². The molecule has 0 spiro atoms. The van der Waals surface area contributed by atoms with Gasteiger partial charge >= 0.3 is 5.97 Å². The van der Waals surface area contributed by atoms with Crippen LogP contribution >= 0.6 is 0 Å². The van der Waals surface area contributed by atoms with Gasteiger partial charge in [-0.05, 0) is 30.4 Å². The lowest BCUT2D eigenvalue weighted by atomic mass is 9.91. The molecule has 0 fully saturated rings. The van der Waals surface area contributed by atoms with Gasteiger partial charge in [-0.3, -0.25) is 10.1 Å². The molecule has 1 unspecified atom stereocenters. The highest BCUT2D eigenvalue weighted by atomic mass is 16.5. The van der Waals surface area contributed by atoms with Crippen LogP contribution in [0.25, 0.3) is 0 Å². The van der Waals surface area contributed by atoms with Crippen LogP contribution in [0.4, 0.5) is 0 Å². The molecule has 0 saturated carbocycles. The Balaban J connectivity index is 2.10. The van der Waals surface area contributed by atoms with Crippen LogP contribution in [-0.2, 0) is 16.0 Å². The van der Waals surface area contributed by atoms with Gasteiger partial charge in [0.25, 0.3) is 0 Å². The van der Waals surface area contributed by atoms with Crippen molar-refractivity contribution in [3.05, 3.63) is 35.4 Å². The fraction of sp³-hybridized carbons (Fsp3) is 0.562. The van der Waals surface area contributed by atoms with Crippen LogP contribution < -0.4 is 5.32 Å². The highest BCUT2D eigenvalue weighted by Gasteiger charge is 2.35. The molecule has 2 rings (SSSR count). The average Bonchev–Trinajstić information content (AvgIpc) is 2.48. The van der Waals surface area contributed by atoms with Crippen LogP contribution in [0.3, 0.4) is 0 Å². The SMILES string of the molecule is CCC(CC)(NCC1OCCc2ccccc21)C(=O)O. The molecule has 0 amide bonds. The van der Waals surface area contributed by atoms with Gasteiger partial charge in [0.1, 0.15) is 5.54 Å². The Morgan fingerprint density at radius 1 is 1.40 bits per heavy atom. The largest absolute Gasteiger partial charge is 0.480 e. The second-order valence-corrected chi connectivity index (χ2v) is 5.28. The van der Waals surface area contributed by atoms with Gasteiger partial charge in [0, 0.05) is 6.54 Å². The third-order valence-corrected chi connectivity index (χ3v) is 4.33. The molecule has 0 aliphatic carbocycles. The first-order chi connectivity index (χ1) is 9.63. The lowest BCUT2D eigenvalue weighted by Gasteiger charge is -2.32. The van der Waals surface area contributed by atoms with E-state index < -0.39 is 11.5 Å². The van der Waals surface area contributed by atoms with E-state index in [-0.39, 0.29) is 6.10 Å². The van der Waals surface area contributed by atoms with Crippen LogP contribution in [0.5, 0.6) is 0 Å².